The van der Waals surface area contributed by atoms with E-state index in [1.807, 2.05) is 30.3 Å². The van der Waals surface area contributed by atoms with Gasteiger partial charge in [-0.3, -0.25) is 9.69 Å². The van der Waals surface area contributed by atoms with E-state index in [9.17, 15) is 9.59 Å². The highest BCUT2D eigenvalue weighted by molar-refractivity contribution is 9.10. The number of nitrogens with zero attached hydrogens (tertiary/aromatic N) is 2. The van der Waals surface area contributed by atoms with Crippen LogP contribution < -0.4 is 4.90 Å². The van der Waals surface area contributed by atoms with Crippen molar-refractivity contribution in [2.24, 2.45) is 0 Å². The first-order chi connectivity index (χ1) is 11.6. The van der Waals surface area contributed by atoms with Crippen LogP contribution in [0.2, 0.25) is 0 Å². The van der Waals surface area contributed by atoms with Gasteiger partial charge in [-0.25, -0.2) is 9.69 Å². The largest absolute Gasteiger partial charge is 0.333 e. The summed E-state index contributed by atoms with van der Waals surface area (Å²) in [4.78, 5) is 28.7. The van der Waals surface area contributed by atoms with E-state index in [4.69, 9.17) is 0 Å². The van der Waals surface area contributed by atoms with E-state index in [1.54, 1.807) is 28.8 Å². The van der Waals surface area contributed by atoms with Gasteiger partial charge >= 0.3 is 6.03 Å². The quantitative estimate of drug-likeness (QED) is 0.730. The molecule has 0 N–H and O–H groups in total. The second-order valence-electron chi connectivity index (χ2n) is 5.83. The Morgan fingerprint density at radius 1 is 1.04 bits per heavy atom. The van der Waals surface area contributed by atoms with Crippen LogP contribution in [0.25, 0.3) is 0 Å². The van der Waals surface area contributed by atoms with Crippen molar-refractivity contribution in [2.45, 2.75) is 17.8 Å². The van der Waals surface area contributed by atoms with Crippen LogP contribution in [0.15, 0.2) is 59.1 Å². The predicted molar refractivity (Wildman–Crippen MR) is 99.0 cm³/mol. The fourth-order valence-electron chi connectivity index (χ4n) is 3.17. The number of hydrogen-bond donors (Lipinski definition) is 0. The molecule has 122 valence electrons. The molecule has 0 bridgehead atoms. The number of anilines is 1. The highest BCUT2D eigenvalue weighted by Gasteiger charge is 2.52. The summed E-state index contributed by atoms with van der Waals surface area (Å²) in [6.45, 7) is 0. The van der Waals surface area contributed by atoms with Gasteiger partial charge in [0.05, 0.1) is 11.1 Å². The van der Waals surface area contributed by atoms with Crippen molar-refractivity contribution in [3.63, 3.8) is 0 Å². The molecule has 2 aliphatic heterocycles. The molecule has 3 amide bonds. The number of urea groups is 1. The molecule has 24 heavy (non-hydrogen) atoms. The fourth-order valence-corrected chi connectivity index (χ4v) is 4.85. The second-order valence-corrected chi connectivity index (χ2v) is 7.96. The van der Waals surface area contributed by atoms with E-state index >= 15 is 0 Å². The van der Waals surface area contributed by atoms with Gasteiger partial charge in [0.25, 0.3) is 5.91 Å². The molecule has 2 saturated heterocycles. The number of halogens is 1. The third kappa shape index (κ3) is 2.63. The molecule has 2 aromatic carbocycles. The smallest absolute Gasteiger partial charge is 0.299 e. The van der Waals surface area contributed by atoms with Gasteiger partial charge in [0, 0.05) is 16.6 Å². The molecule has 0 radical (unpaired) electrons. The van der Waals surface area contributed by atoms with Crippen LogP contribution in [-0.4, -0.2) is 34.0 Å². The van der Waals surface area contributed by atoms with Crippen molar-refractivity contribution in [2.75, 3.05) is 10.7 Å². The zero-order valence-electron chi connectivity index (χ0n) is 12.8. The number of amides is 3. The summed E-state index contributed by atoms with van der Waals surface area (Å²) >= 11 is 5.06. The van der Waals surface area contributed by atoms with Crippen LogP contribution in [0.1, 0.15) is 5.56 Å². The number of thioether (sulfide) groups is 1. The monoisotopic (exact) mass is 402 g/mol. The molecule has 2 unspecified atom stereocenters. The van der Waals surface area contributed by atoms with E-state index < -0.39 is 0 Å². The van der Waals surface area contributed by atoms with Crippen LogP contribution in [0, 0.1) is 0 Å². The van der Waals surface area contributed by atoms with Crippen LogP contribution in [-0.2, 0) is 11.2 Å². The molecule has 4 nitrogen and oxygen atoms in total. The Kier molecular flexibility index (Phi) is 4.10. The lowest BCUT2D eigenvalue weighted by atomic mass is 10.1. The van der Waals surface area contributed by atoms with E-state index in [0.29, 0.717) is 11.4 Å². The summed E-state index contributed by atoms with van der Waals surface area (Å²) in [6.07, 6.45) is 0.759. The van der Waals surface area contributed by atoms with Crippen molar-refractivity contribution in [1.29, 1.82) is 0 Å². The van der Waals surface area contributed by atoms with Crippen molar-refractivity contribution in [3.8, 4) is 0 Å². The average Bonchev–Trinajstić information content (AvgIpc) is 3.11. The molecule has 2 aromatic rings. The maximum absolute atomic E-state index is 12.9. The minimum Gasteiger partial charge on any atom is -0.299 e. The summed E-state index contributed by atoms with van der Waals surface area (Å²) in [5.74, 6) is 0.542. The van der Waals surface area contributed by atoms with Gasteiger partial charge in [-0.1, -0.05) is 46.3 Å². The third-order valence-corrected chi connectivity index (χ3v) is 6.16. The van der Waals surface area contributed by atoms with E-state index in [-0.39, 0.29) is 23.4 Å². The summed E-state index contributed by atoms with van der Waals surface area (Å²) in [5, 5.41) is 0.00861. The van der Waals surface area contributed by atoms with Crippen LogP contribution in [0.3, 0.4) is 0 Å². The zero-order valence-corrected chi connectivity index (χ0v) is 15.2. The summed E-state index contributed by atoms with van der Waals surface area (Å²) in [7, 11) is 0. The van der Waals surface area contributed by atoms with Crippen molar-refractivity contribution in [1.82, 2.24) is 4.90 Å². The highest BCUT2D eigenvalue weighted by atomic mass is 79.9. The Bertz CT molecular complexity index is 781. The number of benzene rings is 2. The zero-order chi connectivity index (χ0) is 16.7. The molecular formula is C18H15BrN2O2S. The molecule has 2 heterocycles. The van der Waals surface area contributed by atoms with Gasteiger partial charge in [-0.2, -0.15) is 0 Å². The summed E-state index contributed by atoms with van der Waals surface area (Å²) in [6, 6.07) is 16.8. The third-order valence-electron chi connectivity index (χ3n) is 4.35. The molecule has 6 heteroatoms. The molecule has 0 aliphatic carbocycles. The number of imide groups is 1. The maximum Gasteiger partial charge on any atom is 0.333 e. The maximum atomic E-state index is 12.9. The number of carbonyl (C=O) groups is 2. The molecular weight excluding hydrogens is 388 g/mol. The second kappa shape index (κ2) is 6.26. The van der Waals surface area contributed by atoms with E-state index in [0.717, 1.165) is 10.9 Å². The lowest BCUT2D eigenvalue weighted by Gasteiger charge is -2.22. The van der Waals surface area contributed by atoms with Gasteiger partial charge in [0.1, 0.15) is 6.04 Å². The van der Waals surface area contributed by atoms with Gasteiger partial charge in [-0.05, 0) is 29.8 Å². The lowest BCUT2D eigenvalue weighted by Crippen LogP contribution is -2.38. The van der Waals surface area contributed by atoms with Gasteiger partial charge in [-0.15, -0.1) is 11.8 Å². The Hall–Kier alpha value is -1.79. The summed E-state index contributed by atoms with van der Waals surface area (Å²) in [5.41, 5.74) is 1.81. The molecule has 2 atom stereocenters. The SMILES string of the molecule is O=C1C2CSC(Cc3ccccc3)N2C(=O)N1c1ccc(Br)cc1. The first-order valence-corrected chi connectivity index (χ1v) is 9.56. The minimum absolute atomic E-state index is 0.00861. The molecule has 0 spiro atoms. The average molecular weight is 403 g/mol. The topological polar surface area (TPSA) is 40.6 Å². The van der Waals surface area contributed by atoms with Crippen molar-refractivity contribution >= 4 is 45.3 Å². The van der Waals surface area contributed by atoms with E-state index in [1.165, 1.54) is 10.5 Å². The van der Waals surface area contributed by atoms with Gasteiger partial charge < -0.3 is 0 Å². The standard InChI is InChI=1S/C18H15BrN2O2S/c19-13-6-8-14(9-7-13)20-17(22)15-11-24-16(21(15)18(20)23)10-12-4-2-1-3-5-12/h1-9,15-16H,10-11H2. The Labute approximate surface area is 152 Å². The van der Waals surface area contributed by atoms with Crippen LogP contribution in [0.5, 0.6) is 0 Å². The molecule has 2 aliphatic rings. The van der Waals surface area contributed by atoms with E-state index in [2.05, 4.69) is 28.1 Å². The Morgan fingerprint density at radius 2 is 1.75 bits per heavy atom. The molecule has 0 aromatic heterocycles. The number of hydrogen-bond acceptors (Lipinski definition) is 3. The van der Waals surface area contributed by atoms with Gasteiger partial charge in [0.15, 0.2) is 0 Å². The molecule has 0 saturated carbocycles. The van der Waals surface area contributed by atoms with Crippen molar-refractivity contribution < 1.29 is 9.59 Å². The van der Waals surface area contributed by atoms with Crippen LogP contribution in [0.4, 0.5) is 10.5 Å². The van der Waals surface area contributed by atoms with Gasteiger partial charge in [0.2, 0.25) is 0 Å². The normalized spacial score (nSPS) is 23.0. The lowest BCUT2D eigenvalue weighted by molar-refractivity contribution is -0.119. The fraction of sp³-hybridized carbons (Fsp3) is 0.222. The number of carbonyl (C=O) groups excluding carboxylic acids is 2. The molecule has 2 fully saturated rings. The predicted octanol–water partition coefficient (Wildman–Crippen LogP) is 3.90. The minimum atomic E-state index is -0.347. The Morgan fingerprint density at radius 3 is 2.46 bits per heavy atom. The molecule has 4 rings (SSSR count). The Balaban J connectivity index is 1.59. The number of rotatable bonds is 3. The summed E-state index contributed by atoms with van der Waals surface area (Å²) < 4.78 is 0.920. The first kappa shape index (κ1) is 15.7. The highest BCUT2D eigenvalue weighted by Crippen LogP contribution is 2.39. The van der Waals surface area contributed by atoms with Crippen LogP contribution >= 0.6 is 27.7 Å². The van der Waals surface area contributed by atoms with Crippen molar-refractivity contribution in [3.05, 3.63) is 64.6 Å². The first-order valence-electron chi connectivity index (χ1n) is 7.72. The number of fused-ring (bicyclic) bond motifs is 1.